The number of thioether (sulfide) groups is 1. The lowest BCUT2D eigenvalue weighted by Gasteiger charge is -2.35. The number of para-hydroxylation sites is 1. The number of carbonyl (C=O) groups is 2. The van der Waals surface area contributed by atoms with Gasteiger partial charge in [-0.2, -0.15) is 0 Å². The van der Waals surface area contributed by atoms with Crippen LogP contribution in [-0.4, -0.2) is 111 Å². The van der Waals surface area contributed by atoms with E-state index in [0.29, 0.717) is 25.4 Å². The van der Waals surface area contributed by atoms with E-state index in [1.54, 1.807) is 0 Å². The first-order chi connectivity index (χ1) is 17.2. The molecule has 1 aromatic heterocycles. The second-order valence-electron chi connectivity index (χ2n) is 9.59. The van der Waals surface area contributed by atoms with Gasteiger partial charge in [0.2, 0.25) is 11.8 Å². The third-order valence-electron chi connectivity index (χ3n) is 7.15. The Kier molecular flexibility index (Phi) is 8.00. The molecule has 188 valence electrons. The highest BCUT2D eigenvalue weighted by Gasteiger charge is 2.26. The van der Waals surface area contributed by atoms with Crippen LogP contribution in [0.2, 0.25) is 0 Å². The number of piperazine rings is 1. The van der Waals surface area contributed by atoms with Crippen molar-refractivity contribution >= 4 is 23.6 Å². The van der Waals surface area contributed by atoms with E-state index in [1.165, 1.54) is 24.6 Å². The van der Waals surface area contributed by atoms with Gasteiger partial charge in [0.05, 0.1) is 18.8 Å². The maximum absolute atomic E-state index is 13.0. The summed E-state index contributed by atoms with van der Waals surface area (Å²) in [6.45, 7) is 8.04. The van der Waals surface area contributed by atoms with Gasteiger partial charge in [0.15, 0.2) is 11.0 Å². The van der Waals surface area contributed by atoms with Crippen molar-refractivity contribution in [3.63, 3.8) is 0 Å². The highest BCUT2D eigenvalue weighted by molar-refractivity contribution is 7.99. The normalized spacial score (nSPS) is 19.5. The van der Waals surface area contributed by atoms with Crippen LogP contribution in [0, 0.1) is 0 Å². The fraction of sp³-hybridized carbons (Fsp3) is 0.600. The standard InChI is InChI=1S/C25H35N7O2S/c33-23(30-12-6-7-13-30)19-29-14-16-31(17-15-29)24(34)20-35-25-27-26-22(18-28-10-4-5-11-28)32(25)21-8-2-1-3-9-21/h1-3,8-9H,4-7,10-20H2. The fourth-order valence-electron chi connectivity index (χ4n) is 5.10. The summed E-state index contributed by atoms with van der Waals surface area (Å²) >= 11 is 1.46. The second-order valence-corrected chi connectivity index (χ2v) is 10.5. The molecular formula is C25H35N7O2S. The molecular weight excluding hydrogens is 462 g/mol. The number of hydrogen-bond acceptors (Lipinski definition) is 7. The van der Waals surface area contributed by atoms with Gasteiger partial charge in [0, 0.05) is 45.0 Å². The van der Waals surface area contributed by atoms with Crippen LogP contribution in [0.3, 0.4) is 0 Å². The van der Waals surface area contributed by atoms with Crippen LogP contribution in [-0.2, 0) is 16.1 Å². The maximum Gasteiger partial charge on any atom is 0.236 e. The van der Waals surface area contributed by atoms with E-state index in [2.05, 4.69) is 36.7 Å². The molecule has 10 heteroatoms. The van der Waals surface area contributed by atoms with Crippen LogP contribution >= 0.6 is 11.8 Å². The van der Waals surface area contributed by atoms with Crippen molar-refractivity contribution in [3.8, 4) is 5.69 Å². The molecule has 4 heterocycles. The molecule has 0 atom stereocenters. The molecule has 35 heavy (non-hydrogen) atoms. The fourth-order valence-corrected chi connectivity index (χ4v) is 5.98. The molecule has 2 aromatic rings. The van der Waals surface area contributed by atoms with Crippen molar-refractivity contribution in [2.75, 3.05) is 64.7 Å². The molecule has 9 nitrogen and oxygen atoms in total. The van der Waals surface area contributed by atoms with Crippen molar-refractivity contribution in [3.05, 3.63) is 36.2 Å². The smallest absolute Gasteiger partial charge is 0.236 e. The van der Waals surface area contributed by atoms with Gasteiger partial charge in [-0.25, -0.2) is 0 Å². The Hall–Kier alpha value is -2.43. The minimum Gasteiger partial charge on any atom is -0.342 e. The lowest BCUT2D eigenvalue weighted by atomic mass is 10.3. The summed E-state index contributed by atoms with van der Waals surface area (Å²) in [6.07, 6.45) is 4.69. The topological polar surface area (TPSA) is 77.8 Å². The molecule has 0 aliphatic carbocycles. The number of rotatable bonds is 8. The van der Waals surface area contributed by atoms with Crippen LogP contribution in [0.5, 0.6) is 0 Å². The van der Waals surface area contributed by atoms with E-state index in [1.807, 2.05) is 28.0 Å². The van der Waals surface area contributed by atoms with Crippen molar-refractivity contribution in [2.24, 2.45) is 0 Å². The molecule has 0 N–H and O–H groups in total. The van der Waals surface area contributed by atoms with Crippen molar-refractivity contribution in [1.29, 1.82) is 0 Å². The van der Waals surface area contributed by atoms with Crippen LogP contribution < -0.4 is 0 Å². The van der Waals surface area contributed by atoms with Gasteiger partial charge < -0.3 is 9.80 Å². The Bertz CT molecular complexity index is 994. The number of amides is 2. The summed E-state index contributed by atoms with van der Waals surface area (Å²) in [7, 11) is 0. The highest BCUT2D eigenvalue weighted by Crippen LogP contribution is 2.24. The van der Waals surface area contributed by atoms with Crippen molar-refractivity contribution < 1.29 is 9.59 Å². The van der Waals surface area contributed by atoms with E-state index in [9.17, 15) is 9.59 Å². The minimum atomic E-state index is 0.115. The Morgan fingerprint density at radius 1 is 0.743 bits per heavy atom. The predicted octanol–water partition coefficient (Wildman–Crippen LogP) is 1.72. The summed E-state index contributed by atoms with van der Waals surface area (Å²) in [5.74, 6) is 1.60. The van der Waals surface area contributed by atoms with Gasteiger partial charge in [-0.3, -0.25) is 24.0 Å². The number of likely N-dealkylation sites (tertiary alicyclic amines) is 2. The van der Waals surface area contributed by atoms with Crippen LogP contribution in [0.1, 0.15) is 31.5 Å². The maximum atomic E-state index is 13.0. The molecule has 0 radical (unpaired) electrons. The number of nitrogens with zero attached hydrogens (tertiary/aromatic N) is 7. The van der Waals surface area contributed by atoms with Gasteiger partial charge in [-0.05, 0) is 50.9 Å². The Morgan fingerprint density at radius 2 is 1.40 bits per heavy atom. The van der Waals surface area contributed by atoms with Crippen LogP contribution in [0.25, 0.3) is 5.69 Å². The molecule has 0 unspecified atom stereocenters. The first-order valence-corrected chi connectivity index (χ1v) is 13.8. The summed E-state index contributed by atoms with van der Waals surface area (Å²) in [4.78, 5) is 33.9. The number of hydrogen-bond donors (Lipinski definition) is 0. The van der Waals surface area contributed by atoms with Gasteiger partial charge in [-0.1, -0.05) is 30.0 Å². The molecule has 0 saturated carbocycles. The van der Waals surface area contributed by atoms with E-state index >= 15 is 0 Å². The zero-order valence-electron chi connectivity index (χ0n) is 20.3. The molecule has 3 saturated heterocycles. The first-order valence-electron chi connectivity index (χ1n) is 12.8. The molecule has 1 aromatic carbocycles. The van der Waals surface area contributed by atoms with Crippen molar-refractivity contribution in [1.82, 2.24) is 34.4 Å². The zero-order chi connectivity index (χ0) is 24.0. The Morgan fingerprint density at radius 3 is 2.11 bits per heavy atom. The third kappa shape index (κ3) is 6.05. The number of aromatic nitrogens is 3. The Labute approximate surface area is 211 Å². The molecule has 3 fully saturated rings. The average molecular weight is 498 g/mol. The first kappa shape index (κ1) is 24.3. The summed E-state index contributed by atoms with van der Waals surface area (Å²) < 4.78 is 2.10. The van der Waals surface area contributed by atoms with E-state index < -0.39 is 0 Å². The van der Waals surface area contributed by atoms with Gasteiger partial charge in [0.1, 0.15) is 0 Å². The minimum absolute atomic E-state index is 0.115. The number of benzene rings is 1. The van der Waals surface area contributed by atoms with E-state index in [4.69, 9.17) is 0 Å². The summed E-state index contributed by atoms with van der Waals surface area (Å²) in [5.41, 5.74) is 1.03. The third-order valence-corrected chi connectivity index (χ3v) is 8.06. The van der Waals surface area contributed by atoms with E-state index in [0.717, 1.165) is 75.3 Å². The molecule has 5 rings (SSSR count). The monoisotopic (exact) mass is 497 g/mol. The lowest BCUT2D eigenvalue weighted by molar-refractivity contribution is -0.133. The Balaban J connectivity index is 1.16. The van der Waals surface area contributed by atoms with Crippen molar-refractivity contribution in [2.45, 2.75) is 37.4 Å². The average Bonchev–Trinajstić information content (AvgIpc) is 3.66. The molecule has 2 amide bonds. The summed E-state index contributed by atoms with van der Waals surface area (Å²) in [6, 6.07) is 10.2. The largest absolute Gasteiger partial charge is 0.342 e. The van der Waals surface area contributed by atoms with Gasteiger partial charge in [-0.15, -0.1) is 10.2 Å². The second kappa shape index (κ2) is 11.5. The van der Waals surface area contributed by atoms with Crippen LogP contribution in [0.4, 0.5) is 0 Å². The highest BCUT2D eigenvalue weighted by atomic mass is 32.2. The van der Waals surface area contributed by atoms with Gasteiger partial charge >= 0.3 is 0 Å². The predicted molar refractivity (Wildman–Crippen MR) is 135 cm³/mol. The van der Waals surface area contributed by atoms with Crippen LogP contribution in [0.15, 0.2) is 35.5 Å². The number of carbonyl (C=O) groups excluding carboxylic acids is 2. The SMILES string of the molecule is O=C(CSc1nnc(CN2CCCC2)n1-c1ccccc1)N1CCN(CC(=O)N2CCCC2)CC1. The quantitative estimate of drug-likeness (QED) is 0.514. The zero-order valence-corrected chi connectivity index (χ0v) is 21.2. The molecule has 0 spiro atoms. The van der Waals surface area contributed by atoms with Gasteiger partial charge in [0.25, 0.3) is 0 Å². The van der Waals surface area contributed by atoms with E-state index in [-0.39, 0.29) is 11.8 Å². The molecule has 3 aliphatic rings. The summed E-state index contributed by atoms with van der Waals surface area (Å²) in [5, 5.41) is 9.72. The molecule has 3 aliphatic heterocycles. The molecule has 0 bridgehead atoms. The lowest BCUT2D eigenvalue weighted by Crippen LogP contribution is -2.51.